The van der Waals surface area contributed by atoms with Gasteiger partial charge in [-0.15, -0.1) is 0 Å². The topological polar surface area (TPSA) is 144 Å². The third-order valence-corrected chi connectivity index (χ3v) is 1.10. The van der Waals surface area contributed by atoms with E-state index in [1.807, 2.05) is 0 Å². The Bertz CT molecular complexity index is 295. The molecule has 0 rings (SSSR count). The lowest BCUT2D eigenvalue weighted by atomic mass is 10.2. The maximum Gasteiger partial charge on any atom is 0.353 e. The average Bonchev–Trinajstić information content (AvgIpc) is 2.02. The lowest BCUT2D eigenvalue weighted by molar-refractivity contribution is -0.144. The predicted octanol–water partition coefficient (Wildman–Crippen LogP) is -1.96. The molecular weight excluding hydrogens is 198 g/mol. The minimum absolute atomic E-state index is 0.911. The van der Waals surface area contributed by atoms with Gasteiger partial charge in [0.2, 0.25) is 6.10 Å². The zero-order valence-corrected chi connectivity index (χ0v) is 6.75. The van der Waals surface area contributed by atoms with Crippen molar-refractivity contribution in [3.63, 3.8) is 0 Å². The largest absolute Gasteiger partial charge is 0.480 e. The quantitative estimate of drug-likeness (QED) is 0.381. The van der Waals surface area contributed by atoms with Crippen LogP contribution in [0, 0.1) is 0 Å². The van der Waals surface area contributed by atoms with Crippen molar-refractivity contribution in [2.75, 3.05) is 6.54 Å². The molecule has 1 atom stereocenters. The maximum absolute atomic E-state index is 10.3. The number of aliphatic hydroxyl groups excluding tert-OH is 1. The zero-order chi connectivity index (χ0) is 11.3. The van der Waals surface area contributed by atoms with Gasteiger partial charge in [0.1, 0.15) is 6.54 Å². The molecule has 78 valence electrons. The van der Waals surface area contributed by atoms with Crippen molar-refractivity contribution >= 4 is 23.6 Å². The van der Waals surface area contributed by atoms with Crippen molar-refractivity contribution < 1.29 is 34.8 Å². The first-order valence-corrected chi connectivity index (χ1v) is 3.26. The third-order valence-electron chi connectivity index (χ3n) is 1.10. The number of aliphatic hydroxyl groups is 1. The van der Waals surface area contributed by atoms with E-state index in [1.54, 1.807) is 0 Å². The summed E-state index contributed by atoms with van der Waals surface area (Å²) in [4.78, 5) is 33.4. The first-order valence-electron chi connectivity index (χ1n) is 3.26. The Morgan fingerprint density at radius 2 is 1.64 bits per heavy atom. The van der Waals surface area contributed by atoms with Gasteiger partial charge in [0, 0.05) is 0 Å². The van der Waals surface area contributed by atoms with Crippen LogP contribution in [0.5, 0.6) is 0 Å². The molecule has 1 unspecified atom stereocenters. The first-order chi connectivity index (χ1) is 6.36. The number of aliphatic imine (C=N–C) groups is 1. The van der Waals surface area contributed by atoms with Gasteiger partial charge in [-0.1, -0.05) is 0 Å². The van der Waals surface area contributed by atoms with Gasteiger partial charge in [0.05, 0.1) is 0 Å². The van der Waals surface area contributed by atoms with Crippen molar-refractivity contribution in [1.29, 1.82) is 0 Å². The summed E-state index contributed by atoms with van der Waals surface area (Å²) in [7, 11) is 0. The molecule has 0 amide bonds. The van der Waals surface area contributed by atoms with Crippen molar-refractivity contribution in [3.8, 4) is 0 Å². The van der Waals surface area contributed by atoms with E-state index in [2.05, 4.69) is 4.99 Å². The van der Waals surface area contributed by atoms with E-state index in [0.717, 1.165) is 0 Å². The van der Waals surface area contributed by atoms with Crippen LogP contribution in [-0.2, 0) is 14.4 Å². The van der Waals surface area contributed by atoms with Gasteiger partial charge in [-0.3, -0.25) is 9.79 Å². The number of carboxylic acids is 3. The Kier molecular flexibility index (Phi) is 4.23. The lowest BCUT2D eigenvalue weighted by Gasteiger charge is -2.03. The van der Waals surface area contributed by atoms with Crippen molar-refractivity contribution in [2.24, 2.45) is 4.99 Å². The second-order valence-electron chi connectivity index (χ2n) is 2.14. The second kappa shape index (κ2) is 4.92. The Morgan fingerprint density at radius 3 is 1.93 bits per heavy atom. The molecular formula is C6H7NO7. The van der Waals surface area contributed by atoms with E-state index < -0.39 is 36.3 Å². The summed E-state index contributed by atoms with van der Waals surface area (Å²) in [6.07, 6.45) is -2.33. The van der Waals surface area contributed by atoms with E-state index in [9.17, 15) is 14.4 Å². The maximum atomic E-state index is 10.3. The van der Waals surface area contributed by atoms with E-state index in [4.69, 9.17) is 20.4 Å². The highest BCUT2D eigenvalue weighted by Gasteiger charge is 2.26. The number of hydrogen-bond donors (Lipinski definition) is 4. The van der Waals surface area contributed by atoms with Crippen LogP contribution >= 0.6 is 0 Å². The zero-order valence-electron chi connectivity index (χ0n) is 6.75. The number of carbonyl (C=O) groups is 3. The summed E-state index contributed by atoms with van der Waals surface area (Å²) in [5.74, 6) is -5.01. The summed E-state index contributed by atoms with van der Waals surface area (Å²) >= 11 is 0. The molecule has 0 aliphatic carbocycles. The lowest BCUT2D eigenvalue weighted by Crippen LogP contribution is -2.35. The summed E-state index contributed by atoms with van der Waals surface area (Å²) in [5, 5.41) is 33.5. The van der Waals surface area contributed by atoms with Gasteiger partial charge >= 0.3 is 17.9 Å². The minimum Gasteiger partial charge on any atom is -0.480 e. The predicted molar refractivity (Wildman–Crippen MR) is 41.2 cm³/mol. The van der Waals surface area contributed by atoms with Gasteiger partial charge in [0.25, 0.3) is 0 Å². The molecule has 0 radical (unpaired) electrons. The SMILES string of the molecule is O=C(O)C/N=C(\C(=O)O)C(O)C(=O)O. The smallest absolute Gasteiger partial charge is 0.353 e. The molecule has 0 spiro atoms. The standard InChI is InChI=1S/C6H7NO7/c8-2(9)1-7-3(5(11)12)4(10)6(13)14/h4,10H,1H2,(H,8,9)(H,11,12)(H,13,14)/b7-3-. The van der Waals surface area contributed by atoms with Crippen LogP contribution in [-0.4, -0.2) is 56.7 Å². The molecule has 0 saturated carbocycles. The second-order valence-corrected chi connectivity index (χ2v) is 2.14. The Morgan fingerprint density at radius 1 is 1.14 bits per heavy atom. The van der Waals surface area contributed by atoms with Gasteiger partial charge in [0.15, 0.2) is 5.71 Å². The van der Waals surface area contributed by atoms with Crippen LogP contribution in [0.4, 0.5) is 0 Å². The fourth-order valence-electron chi connectivity index (χ4n) is 0.541. The highest BCUT2D eigenvalue weighted by molar-refractivity contribution is 6.41. The molecule has 14 heavy (non-hydrogen) atoms. The average molecular weight is 205 g/mol. The van der Waals surface area contributed by atoms with Crippen LogP contribution in [0.3, 0.4) is 0 Å². The fraction of sp³-hybridized carbons (Fsp3) is 0.333. The summed E-state index contributed by atoms with van der Waals surface area (Å²) in [6, 6.07) is 0. The highest BCUT2D eigenvalue weighted by atomic mass is 16.4. The molecule has 0 fully saturated rings. The highest BCUT2D eigenvalue weighted by Crippen LogP contribution is 1.91. The number of aliphatic carboxylic acids is 3. The normalized spacial score (nSPS) is 13.4. The van der Waals surface area contributed by atoms with E-state index >= 15 is 0 Å². The molecule has 0 aromatic heterocycles. The van der Waals surface area contributed by atoms with Crippen molar-refractivity contribution in [2.45, 2.75) is 6.10 Å². The molecule has 8 heteroatoms. The molecule has 8 nitrogen and oxygen atoms in total. The van der Waals surface area contributed by atoms with E-state index in [0.29, 0.717) is 0 Å². The summed E-state index contributed by atoms with van der Waals surface area (Å²) in [6.45, 7) is -0.911. The van der Waals surface area contributed by atoms with Crippen molar-refractivity contribution in [1.82, 2.24) is 0 Å². The summed E-state index contributed by atoms with van der Waals surface area (Å²) in [5.41, 5.74) is -1.11. The monoisotopic (exact) mass is 205 g/mol. The molecule has 0 aromatic rings. The molecule has 0 aliphatic rings. The van der Waals surface area contributed by atoms with Crippen LogP contribution in [0.2, 0.25) is 0 Å². The van der Waals surface area contributed by atoms with Crippen molar-refractivity contribution in [3.05, 3.63) is 0 Å². The molecule has 0 saturated heterocycles. The minimum atomic E-state index is -2.33. The van der Waals surface area contributed by atoms with Gasteiger partial charge in [-0.2, -0.15) is 0 Å². The fourth-order valence-corrected chi connectivity index (χ4v) is 0.541. The van der Waals surface area contributed by atoms with E-state index in [-0.39, 0.29) is 0 Å². The van der Waals surface area contributed by atoms with Crippen LogP contribution in [0.1, 0.15) is 0 Å². The number of nitrogens with zero attached hydrogens (tertiary/aromatic N) is 1. The van der Waals surface area contributed by atoms with E-state index in [1.165, 1.54) is 0 Å². The first kappa shape index (κ1) is 12.0. The van der Waals surface area contributed by atoms with Crippen LogP contribution in [0.25, 0.3) is 0 Å². The molecule has 0 heterocycles. The molecule has 0 bridgehead atoms. The van der Waals surface area contributed by atoms with Crippen LogP contribution < -0.4 is 0 Å². The van der Waals surface area contributed by atoms with Gasteiger partial charge in [-0.25, -0.2) is 9.59 Å². The number of carboxylic acid groups (broad SMARTS) is 3. The Labute approximate surface area is 77.1 Å². The van der Waals surface area contributed by atoms with Gasteiger partial charge < -0.3 is 20.4 Å². The molecule has 0 aromatic carbocycles. The molecule has 0 aliphatic heterocycles. The summed E-state index contributed by atoms with van der Waals surface area (Å²) < 4.78 is 0. The van der Waals surface area contributed by atoms with Gasteiger partial charge in [-0.05, 0) is 0 Å². The van der Waals surface area contributed by atoms with Crippen LogP contribution in [0.15, 0.2) is 4.99 Å². The molecule has 4 N–H and O–H groups in total. The number of hydrogen-bond acceptors (Lipinski definition) is 5. The third kappa shape index (κ3) is 3.63. The Hall–Kier alpha value is -1.96. The number of rotatable bonds is 5. The Balaban J connectivity index is 4.76.